The highest BCUT2D eigenvalue weighted by Gasteiger charge is 2.31. The summed E-state index contributed by atoms with van der Waals surface area (Å²) in [5.74, 6) is -0.0140. The Bertz CT molecular complexity index is 1250. The first kappa shape index (κ1) is 22.6. The third kappa shape index (κ3) is 4.50. The van der Waals surface area contributed by atoms with Crippen LogP contribution in [0.5, 0.6) is 0 Å². The zero-order chi connectivity index (χ0) is 23.8. The first-order valence-electron chi connectivity index (χ1n) is 10.5. The smallest absolute Gasteiger partial charge is 0.416 e. The predicted molar refractivity (Wildman–Crippen MR) is 119 cm³/mol. The second-order valence-corrected chi connectivity index (χ2v) is 7.77. The molecule has 0 unspecified atom stereocenters. The number of esters is 1. The van der Waals surface area contributed by atoms with Gasteiger partial charge in [0.25, 0.3) is 0 Å². The summed E-state index contributed by atoms with van der Waals surface area (Å²) < 4.78 is 45.7. The number of aryl methyl sites for hydroxylation is 1. The summed E-state index contributed by atoms with van der Waals surface area (Å²) in [5, 5.41) is 0.314. The van der Waals surface area contributed by atoms with Crippen molar-refractivity contribution in [3.05, 3.63) is 63.9 Å². The third-order valence-electron chi connectivity index (χ3n) is 5.64. The zero-order valence-corrected chi connectivity index (χ0v) is 18.2. The molecule has 4 rings (SSSR count). The number of hydrogen-bond donors (Lipinski definition) is 0. The Balaban J connectivity index is 1.54. The molecule has 174 valence electrons. The monoisotopic (exact) mass is 460 g/mol. The van der Waals surface area contributed by atoms with E-state index >= 15 is 0 Å². The van der Waals surface area contributed by atoms with Gasteiger partial charge in [-0.15, -0.1) is 0 Å². The molecule has 1 aliphatic rings. The van der Waals surface area contributed by atoms with E-state index in [1.807, 2.05) is 9.80 Å². The number of nitrogens with zero attached hydrogens (tertiary/aromatic N) is 4. The largest absolute Gasteiger partial charge is 0.462 e. The Kier molecular flexibility index (Phi) is 6.01. The average molecular weight is 460 g/mol. The van der Waals surface area contributed by atoms with Gasteiger partial charge in [0.15, 0.2) is 0 Å². The second kappa shape index (κ2) is 8.76. The Hall–Kier alpha value is -3.56. The van der Waals surface area contributed by atoms with Crippen LogP contribution < -0.4 is 15.2 Å². The molecule has 3 aromatic rings. The molecule has 7 nitrogen and oxygen atoms in total. The van der Waals surface area contributed by atoms with Crippen molar-refractivity contribution in [3.63, 3.8) is 0 Å². The Morgan fingerprint density at radius 3 is 2.45 bits per heavy atom. The lowest BCUT2D eigenvalue weighted by Gasteiger charge is -2.37. The fraction of sp³-hybridized carbons (Fsp3) is 0.348. The van der Waals surface area contributed by atoms with Gasteiger partial charge in [-0.25, -0.2) is 9.78 Å². The molecule has 33 heavy (non-hydrogen) atoms. The summed E-state index contributed by atoms with van der Waals surface area (Å²) in [6.45, 7) is 4.02. The second-order valence-electron chi connectivity index (χ2n) is 7.77. The molecule has 0 saturated carbocycles. The van der Waals surface area contributed by atoms with E-state index in [0.29, 0.717) is 48.7 Å². The molecule has 1 aromatic carbocycles. The van der Waals surface area contributed by atoms with Gasteiger partial charge in [-0.05, 0) is 37.3 Å². The number of hydrogen-bond acceptors (Lipinski definition) is 6. The van der Waals surface area contributed by atoms with Crippen LogP contribution >= 0.6 is 0 Å². The van der Waals surface area contributed by atoms with Crippen molar-refractivity contribution in [1.82, 2.24) is 9.55 Å². The molecule has 0 aliphatic carbocycles. The molecule has 1 aliphatic heterocycles. The quantitative estimate of drug-likeness (QED) is 0.556. The van der Waals surface area contributed by atoms with Crippen LogP contribution in [0.2, 0.25) is 0 Å². The van der Waals surface area contributed by atoms with Crippen molar-refractivity contribution in [2.45, 2.75) is 13.1 Å². The van der Waals surface area contributed by atoms with Crippen molar-refractivity contribution < 1.29 is 22.7 Å². The summed E-state index contributed by atoms with van der Waals surface area (Å²) in [6.07, 6.45) is -2.96. The third-order valence-corrected chi connectivity index (χ3v) is 5.64. The Morgan fingerprint density at radius 1 is 1.09 bits per heavy atom. The van der Waals surface area contributed by atoms with Crippen LogP contribution in [-0.4, -0.2) is 48.3 Å². The highest BCUT2D eigenvalue weighted by Crippen LogP contribution is 2.32. The minimum absolute atomic E-state index is 0.0453. The van der Waals surface area contributed by atoms with Crippen molar-refractivity contribution in [2.75, 3.05) is 42.6 Å². The van der Waals surface area contributed by atoms with Crippen LogP contribution in [0.1, 0.15) is 22.8 Å². The zero-order valence-electron chi connectivity index (χ0n) is 18.2. The van der Waals surface area contributed by atoms with Gasteiger partial charge in [0.2, 0.25) is 5.43 Å². The van der Waals surface area contributed by atoms with Crippen molar-refractivity contribution in [3.8, 4) is 0 Å². The molecule has 1 fully saturated rings. The SMILES string of the molecule is CCOC(=O)c1cn(C)c2nc(N3CCN(c4cccc(C(F)(F)F)c4)CC3)ccc2c1=O. The van der Waals surface area contributed by atoms with E-state index in [4.69, 9.17) is 4.74 Å². The molecule has 0 spiro atoms. The Labute approximate surface area is 188 Å². The van der Waals surface area contributed by atoms with E-state index < -0.39 is 23.1 Å². The van der Waals surface area contributed by atoms with Gasteiger partial charge in [0.1, 0.15) is 17.0 Å². The number of piperazine rings is 1. The van der Waals surface area contributed by atoms with E-state index in [1.165, 1.54) is 18.3 Å². The van der Waals surface area contributed by atoms with Crippen LogP contribution in [0.3, 0.4) is 0 Å². The summed E-state index contributed by atoms with van der Waals surface area (Å²) in [6, 6.07) is 8.69. The molecule has 0 atom stereocenters. The first-order valence-corrected chi connectivity index (χ1v) is 10.5. The van der Waals surface area contributed by atoms with Crippen LogP contribution in [0.25, 0.3) is 11.0 Å². The summed E-state index contributed by atoms with van der Waals surface area (Å²) in [4.78, 5) is 33.3. The number of alkyl halides is 3. The van der Waals surface area contributed by atoms with Gasteiger partial charge in [-0.3, -0.25) is 4.79 Å². The molecular weight excluding hydrogens is 437 g/mol. The standard InChI is InChI=1S/C23H23F3N4O3/c1-3-33-22(32)18-14-28(2)21-17(20(18)31)7-8-19(27-21)30-11-9-29(10-12-30)16-6-4-5-15(13-16)23(24,25)26/h4-8,13-14H,3,9-12H2,1-2H3. The molecule has 0 radical (unpaired) electrons. The van der Waals surface area contributed by atoms with Gasteiger partial charge in [-0.2, -0.15) is 13.2 Å². The van der Waals surface area contributed by atoms with E-state index in [0.717, 1.165) is 6.07 Å². The van der Waals surface area contributed by atoms with E-state index in [9.17, 15) is 22.8 Å². The van der Waals surface area contributed by atoms with Gasteiger partial charge < -0.3 is 19.1 Å². The number of aromatic nitrogens is 2. The van der Waals surface area contributed by atoms with Crippen molar-refractivity contribution >= 4 is 28.5 Å². The fourth-order valence-electron chi connectivity index (χ4n) is 3.95. The first-order chi connectivity index (χ1) is 15.7. The molecule has 1 saturated heterocycles. The number of ether oxygens (including phenoxy) is 1. The normalized spacial score (nSPS) is 14.6. The minimum Gasteiger partial charge on any atom is -0.462 e. The molecule has 10 heteroatoms. The van der Waals surface area contributed by atoms with Crippen molar-refractivity contribution in [1.29, 1.82) is 0 Å². The maximum Gasteiger partial charge on any atom is 0.416 e. The molecule has 0 N–H and O–H groups in total. The van der Waals surface area contributed by atoms with Gasteiger partial charge in [-0.1, -0.05) is 6.07 Å². The number of pyridine rings is 2. The van der Waals surface area contributed by atoms with Gasteiger partial charge >= 0.3 is 12.1 Å². The average Bonchev–Trinajstić information content (AvgIpc) is 2.81. The lowest BCUT2D eigenvalue weighted by atomic mass is 10.1. The molecule has 3 heterocycles. The highest BCUT2D eigenvalue weighted by molar-refractivity contribution is 5.93. The van der Waals surface area contributed by atoms with Crippen LogP contribution in [-0.2, 0) is 18.0 Å². The summed E-state index contributed by atoms with van der Waals surface area (Å²) in [5.41, 5.74) is -0.177. The van der Waals surface area contributed by atoms with Crippen LogP contribution in [0.4, 0.5) is 24.7 Å². The van der Waals surface area contributed by atoms with Crippen molar-refractivity contribution in [2.24, 2.45) is 7.05 Å². The maximum absolute atomic E-state index is 13.0. The Morgan fingerprint density at radius 2 is 1.79 bits per heavy atom. The number of fused-ring (bicyclic) bond motifs is 1. The molecular formula is C23H23F3N4O3. The van der Waals surface area contributed by atoms with Crippen LogP contribution in [0.15, 0.2) is 47.4 Å². The van der Waals surface area contributed by atoms with E-state index in [1.54, 1.807) is 36.7 Å². The topological polar surface area (TPSA) is 67.7 Å². The number of rotatable bonds is 4. The maximum atomic E-state index is 13.0. The van der Waals surface area contributed by atoms with Crippen LogP contribution in [0, 0.1) is 0 Å². The molecule has 2 aromatic heterocycles. The minimum atomic E-state index is -4.38. The molecule has 0 bridgehead atoms. The number of carbonyl (C=O) groups excluding carboxylic acids is 1. The van der Waals surface area contributed by atoms with Gasteiger partial charge in [0.05, 0.1) is 17.6 Å². The lowest BCUT2D eigenvalue weighted by molar-refractivity contribution is -0.137. The van der Waals surface area contributed by atoms with Gasteiger partial charge in [0, 0.05) is 45.1 Å². The van der Waals surface area contributed by atoms with E-state index in [-0.39, 0.29) is 12.2 Å². The highest BCUT2D eigenvalue weighted by atomic mass is 19.4. The predicted octanol–water partition coefficient (Wildman–Crippen LogP) is 3.46. The fourth-order valence-corrected chi connectivity index (χ4v) is 3.95. The summed E-state index contributed by atoms with van der Waals surface area (Å²) in [7, 11) is 1.70. The number of carbonyl (C=O) groups is 1. The number of anilines is 2. The number of halogens is 3. The molecule has 0 amide bonds. The number of benzene rings is 1. The van der Waals surface area contributed by atoms with E-state index in [2.05, 4.69) is 4.98 Å². The lowest BCUT2D eigenvalue weighted by Crippen LogP contribution is -2.47. The summed E-state index contributed by atoms with van der Waals surface area (Å²) >= 11 is 0.